The molecule has 2 heterocycles. The van der Waals surface area contributed by atoms with Crippen LogP contribution >= 0.6 is 0 Å². The molecule has 2 aromatic rings. The molecule has 5 heteroatoms. The predicted molar refractivity (Wildman–Crippen MR) is 87.6 cm³/mol. The van der Waals surface area contributed by atoms with E-state index < -0.39 is 0 Å². The molecule has 5 nitrogen and oxygen atoms in total. The van der Waals surface area contributed by atoms with Crippen LogP contribution in [0.4, 0.5) is 11.5 Å². The van der Waals surface area contributed by atoms with E-state index in [-0.39, 0.29) is 5.91 Å². The summed E-state index contributed by atoms with van der Waals surface area (Å²) in [6, 6.07) is 13.4. The Balaban J connectivity index is 1.57. The van der Waals surface area contributed by atoms with Gasteiger partial charge in [0.15, 0.2) is 0 Å². The monoisotopic (exact) mass is 296 g/mol. The van der Waals surface area contributed by atoms with Gasteiger partial charge in [-0.1, -0.05) is 24.3 Å². The fourth-order valence-corrected chi connectivity index (χ4v) is 2.70. The Morgan fingerprint density at radius 1 is 1.05 bits per heavy atom. The molecule has 0 atom stereocenters. The highest BCUT2D eigenvalue weighted by Gasteiger charge is 2.22. The van der Waals surface area contributed by atoms with Crippen LogP contribution in [0.3, 0.4) is 0 Å². The van der Waals surface area contributed by atoms with Crippen LogP contribution in [0.1, 0.15) is 5.56 Å². The predicted octanol–water partition coefficient (Wildman–Crippen LogP) is 1.56. The second-order valence-electron chi connectivity index (χ2n) is 5.43. The smallest absolute Gasteiger partial charge is 0.227 e. The fraction of sp³-hybridized carbons (Fsp3) is 0.294. The summed E-state index contributed by atoms with van der Waals surface area (Å²) in [6.45, 7) is 3.07. The summed E-state index contributed by atoms with van der Waals surface area (Å²) in [5.74, 6) is 1.11. The average molecular weight is 296 g/mol. The number of carbonyl (C=O) groups is 1. The first-order valence-electron chi connectivity index (χ1n) is 7.51. The first kappa shape index (κ1) is 14.4. The number of carbonyl (C=O) groups excluding carboxylic acids is 1. The fourth-order valence-electron chi connectivity index (χ4n) is 2.70. The maximum Gasteiger partial charge on any atom is 0.227 e. The van der Waals surface area contributed by atoms with Crippen LogP contribution in [-0.4, -0.2) is 42.0 Å². The van der Waals surface area contributed by atoms with Gasteiger partial charge in [0, 0.05) is 38.1 Å². The molecule has 0 bridgehead atoms. The Labute approximate surface area is 130 Å². The van der Waals surface area contributed by atoms with E-state index in [1.807, 2.05) is 47.4 Å². The molecular formula is C17H20N4O. The topological polar surface area (TPSA) is 62.5 Å². The van der Waals surface area contributed by atoms with E-state index in [1.54, 1.807) is 6.20 Å². The van der Waals surface area contributed by atoms with Crippen molar-refractivity contribution in [2.24, 2.45) is 0 Å². The van der Waals surface area contributed by atoms with Gasteiger partial charge in [-0.15, -0.1) is 0 Å². The third-order valence-corrected chi connectivity index (χ3v) is 4.00. The zero-order chi connectivity index (χ0) is 15.4. The highest BCUT2D eigenvalue weighted by molar-refractivity contribution is 5.80. The van der Waals surface area contributed by atoms with Crippen molar-refractivity contribution in [2.75, 3.05) is 36.8 Å². The van der Waals surface area contributed by atoms with Crippen LogP contribution in [0.15, 0.2) is 48.7 Å². The maximum atomic E-state index is 12.4. The molecule has 1 aromatic heterocycles. The summed E-state index contributed by atoms with van der Waals surface area (Å²) in [6.07, 6.45) is 2.17. The van der Waals surface area contributed by atoms with Crippen LogP contribution in [0.25, 0.3) is 0 Å². The van der Waals surface area contributed by atoms with Crippen LogP contribution in [0.5, 0.6) is 0 Å². The number of aromatic nitrogens is 1. The molecule has 1 fully saturated rings. The molecule has 1 aromatic carbocycles. The largest absolute Gasteiger partial charge is 0.398 e. The molecule has 1 amide bonds. The van der Waals surface area contributed by atoms with Crippen molar-refractivity contribution in [1.82, 2.24) is 9.88 Å². The minimum absolute atomic E-state index is 0.138. The SMILES string of the molecule is Nc1ccccc1CC(=O)N1CCN(c2ccccn2)CC1. The Kier molecular flexibility index (Phi) is 4.23. The molecule has 1 aliphatic heterocycles. The molecule has 0 saturated carbocycles. The number of pyridine rings is 1. The first-order chi connectivity index (χ1) is 10.7. The Morgan fingerprint density at radius 3 is 2.45 bits per heavy atom. The summed E-state index contributed by atoms with van der Waals surface area (Å²) in [4.78, 5) is 20.9. The second-order valence-corrected chi connectivity index (χ2v) is 5.43. The molecule has 1 aliphatic rings. The second kappa shape index (κ2) is 6.47. The summed E-state index contributed by atoms with van der Waals surface area (Å²) >= 11 is 0. The third-order valence-electron chi connectivity index (χ3n) is 4.00. The number of hydrogen-bond donors (Lipinski definition) is 1. The number of rotatable bonds is 3. The number of piperazine rings is 1. The highest BCUT2D eigenvalue weighted by atomic mass is 16.2. The molecule has 0 radical (unpaired) electrons. The van der Waals surface area contributed by atoms with E-state index in [2.05, 4.69) is 9.88 Å². The zero-order valence-corrected chi connectivity index (χ0v) is 12.5. The lowest BCUT2D eigenvalue weighted by Gasteiger charge is -2.35. The average Bonchev–Trinajstić information content (AvgIpc) is 2.58. The molecule has 1 saturated heterocycles. The standard InChI is InChI=1S/C17H20N4O/c18-15-6-2-1-5-14(15)13-17(22)21-11-9-20(10-12-21)16-7-3-4-8-19-16/h1-8H,9-13,18H2. The quantitative estimate of drug-likeness (QED) is 0.873. The third kappa shape index (κ3) is 3.19. The van der Waals surface area contributed by atoms with Gasteiger partial charge in [-0.25, -0.2) is 4.98 Å². The molecule has 0 spiro atoms. The number of amides is 1. The van der Waals surface area contributed by atoms with Crippen LogP contribution < -0.4 is 10.6 Å². The molecule has 22 heavy (non-hydrogen) atoms. The van der Waals surface area contributed by atoms with Crippen LogP contribution in [0, 0.1) is 0 Å². The number of nitrogens with zero attached hydrogens (tertiary/aromatic N) is 3. The number of nitrogen functional groups attached to an aromatic ring is 1. The summed E-state index contributed by atoms with van der Waals surface area (Å²) in [5, 5.41) is 0. The van der Waals surface area contributed by atoms with Gasteiger partial charge in [0.2, 0.25) is 5.91 Å². The van der Waals surface area contributed by atoms with Crippen LogP contribution in [-0.2, 0) is 11.2 Å². The van der Waals surface area contributed by atoms with E-state index in [4.69, 9.17) is 5.73 Å². The van der Waals surface area contributed by atoms with Gasteiger partial charge in [0.1, 0.15) is 5.82 Å². The lowest BCUT2D eigenvalue weighted by Crippen LogP contribution is -2.49. The van der Waals surface area contributed by atoms with Gasteiger partial charge in [0.05, 0.1) is 6.42 Å². The number of nitrogens with two attached hydrogens (primary N) is 1. The van der Waals surface area contributed by atoms with Crippen molar-refractivity contribution in [3.05, 3.63) is 54.2 Å². The molecule has 3 rings (SSSR count). The van der Waals surface area contributed by atoms with Crippen molar-refractivity contribution in [3.63, 3.8) is 0 Å². The van der Waals surface area contributed by atoms with Gasteiger partial charge in [-0.2, -0.15) is 0 Å². The maximum absolute atomic E-state index is 12.4. The number of anilines is 2. The van der Waals surface area contributed by atoms with E-state index in [1.165, 1.54) is 0 Å². The Hall–Kier alpha value is -2.56. The van der Waals surface area contributed by atoms with E-state index in [0.29, 0.717) is 12.1 Å². The lowest BCUT2D eigenvalue weighted by molar-refractivity contribution is -0.130. The normalized spacial score (nSPS) is 14.9. The van der Waals surface area contributed by atoms with Crippen molar-refractivity contribution < 1.29 is 4.79 Å². The van der Waals surface area contributed by atoms with Gasteiger partial charge in [0.25, 0.3) is 0 Å². The Morgan fingerprint density at radius 2 is 1.77 bits per heavy atom. The van der Waals surface area contributed by atoms with Gasteiger partial charge < -0.3 is 15.5 Å². The number of benzene rings is 1. The molecule has 114 valence electrons. The molecule has 0 unspecified atom stereocenters. The van der Waals surface area contributed by atoms with E-state index >= 15 is 0 Å². The van der Waals surface area contributed by atoms with Crippen molar-refractivity contribution in [1.29, 1.82) is 0 Å². The van der Waals surface area contributed by atoms with E-state index in [0.717, 1.165) is 37.6 Å². The zero-order valence-electron chi connectivity index (χ0n) is 12.5. The lowest BCUT2D eigenvalue weighted by atomic mass is 10.1. The summed E-state index contributed by atoms with van der Waals surface area (Å²) in [5.41, 5.74) is 7.49. The van der Waals surface area contributed by atoms with Crippen molar-refractivity contribution >= 4 is 17.4 Å². The number of para-hydroxylation sites is 1. The van der Waals surface area contributed by atoms with Gasteiger partial charge in [-0.05, 0) is 23.8 Å². The minimum atomic E-state index is 0.138. The molecular weight excluding hydrogens is 276 g/mol. The van der Waals surface area contributed by atoms with Gasteiger partial charge in [-0.3, -0.25) is 4.79 Å². The van der Waals surface area contributed by atoms with Crippen molar-refractivity contribution in [3.8, 4) is 0 Å². The van der Waals surface area contributed by atoms with Gasteiger partial charge >= 0.3 is 0 Å². The highest BCUT2D eigenvalue weighted by Crippen LogP contribution is 2.15. The summed E-state index contributed by atoms with van der Waals surface area (Å²) < 4.78 is 0. The van der Waals surface area contributed by atoms with Crippen LogP contribution in [0.2, 0.25) is 0 Å². The Bertz CT molecular complexity index is 636. The first-order valence-corrected chi connectivity index (χ1v) is 7.51. The molecule has 0 aliphatic carbocycles. The molecule has 2 N–H and O–H groups in total. The minimum Gasteiger partial charge on any atom is -0.398 e. The van der Waals surface area contributed by atoms with E-state index in [9.17, 15) is 4.79 Å². The van der Waals surface area contributed by atoms with Crippen molar-refractivity contribution in [2.45, 2.75) is 6.42 Å². The summed E-state index contributed by atoms with van der Waals surface area (Å²) in [7, 11) is 0. The number of hydrogen-bond acceptors (Lipinski definition) is 4.